The molecule has 4 nitrogen and oxygen atoms in total. The molecule has 0 fully saturated rings. The van der Waals surface area contributed by atoms with Gasteiger partial charge in [0.05, 0.1) is 0 Å². The maximum absolute atomic E-state index is 4.79. The lowest BCUT2D eigenvalue weighted by Crippen LogP contribution is -2.32. The Morgan fingerprint density at radius 2 is 2.05 bits per heavy atom. The van der Waals surface area contributed by atoms with Crippen LogP contribution in [0.4, 0.5) is 0 Å². The highest BCUT2D eigenvalue weighted by atomic mass is 15.1. The zero-order valence-corrected chi connectivity index (χ0v) is 13.9. The van der Waals surface area contributed by atoms with Gasteiger partial charge in [0.15, 0.2) is 0 Å². The smallest absolute Gasteiger partial charge is 0.133 e. The third-order valence-electron chi connectivity index (χ3n) is 4.19. The molecule has 1 aliphatic rings. The lowest BCUT2D eigenvalue weighted by Gasteiger charge is -2.29. The van der Waals surface area contributed by atoms with E-state index < -0.39 is 0 Å². The van der Waals surface area contributed by atoms with E-state index in [1.54, 1.807) is 0 Å². The molecule has 1 aliphatic heterocycles. The van der Waals surface area contributed by atoms with Gasteiger partial charge in [0.25, 0.3) is 0 Å². The molecule has 0 aliphatic carbocycles. The van der Waals surface area contributed by atoms with E-state index in [-0.39, 0.29) is 5.41 Å². The topological polar surface area (TPSA) is 41.9 Å². The predicted molar refractivity (Wildman–Crippen MR) is 87.5 cm³/mol. The van der Waals surface area contributed by atoms with Crippen LogP contribution in [0.15, 0.2) is 24.5 Å². The van der Waals surface area contributed by atoms with E-state index in [0.29, 0.717) is 0 Å². The van der Waals surface area contributed by atoms with Crippen LogP contribution >= 0.6 is 0 Å². The van der Waals surface area contributed by atoms with Crippen LogP contribution in [0, 0.1) is 6.92 Å². The number of hydrogen-bond acceptors (Lipinski definition) is 4. The second-order valence-electron chi connectivity index (χ2n) is 7.12. The van der Waals surface area contributed by atoms with Crippen molar-refractivity contribution in [3.05, 3.63) is 52.9 Å². The average Bonchev–Trinajstić information content (AvgIpc) is 2.48. The first kappa shape index (κ1) is 15.1. The summed E-state index contributed by atoms with van der Waals surface area (Å²) >= 11 is 0. The SMILES string of the molecule is Cc1ncccc1CN1CCc2nc(C(C)(C)C)ncc2C1. The summed E-state index contributed by atoms with van der Waals surface area (Å²) in [4.78, 5) is 16.2. The number of hydrogen-bond donors (Lipinski definition) is 0. The first-order valence-electron chi connectivity index (χ1n) is 7.91. The summed E-state index contributed by atoms with van der Waals surface area (Å²) in [6, 6.07) is 4.18. The Kier molecular flexibility index (Phi) is 3.96. The van der Waals surface area contributed by atoms with Crippen molar-refractivity contribution in [3.63, 3.8) is 0 Å². The fourth-order valence-electron chi connectivity index (χ4n) is 2.80. The molecular weight excluding hydrogens is 272 g/mol. The molecule has 0 bridgehead atoms. The van der Waals surface area contributed by atoms with Gasteiger partial charge in [-0.15, -0.1) is 0 Å². The molecule has 3 rings (SSSR count). The van der Waals surface area contributed by atoms with Gasteiger partial charge in [0.2, 0.25) is 0 Å². The molecule has 0 N–H and O–H groups in total. The molecule has 0 radical (unpaired) electrons. The first-order valence-corrected chi connectivity index (χ1v) is 7.91. The molecule has 4 heteroatoms. The molecule has 0 amide bonds. The molecule has 22 heavy (non-hydrogen) atoms. The second kappa shape index (κ2) is 5.76. The van der Waals surface area contributed by atoms with Crippen LogP contribution in [-0.2, 0) is 24.9 Å². The quantitative estimate of drug-likeness (QED) is 0.854. The molecule has 2 aromatic rings. The number of rotatable bonds is 2. The molecule has 2 aromatic heterocycles. The molecular formula is C18H24N4. The predicted octanol–water partition coefficient (Wildman–Crippen LogP) is 3.04. The molecule has 0 saturated carbocycles. The highest BCUT2D eigenvalue weighted by molar-refractivity contribution is 5.24. The Bertz CT molecular complexity index is 673. The number of pyridine rings is 1. The fourth-order valence-corrected chi connectivity index (χ4v) is 2.80. The molecule has 116 valence electrons. The second-order valence-corrected chi connectivity index (χ2v) is 7.12. The monoisotopic (exact) mass is 296 g/mol. The van der Waals surface area contributed by atoms with Gasteiger partial charge in [0.1, 0.15) is 5.82 Å². The number of aromatic nitrogens is 3. The minimum Gasteiger partial charge on any atom is -0.294 e. The lowest BCUT2D eigenvalue weighted by atomic mass is 9.95. The Morgan fingerprint density at radius 3 is 2.77 bits per heavy atom. The minimum absolute atomic E-state index is 0.0129. The Morgan fingerprint density at radius 1 is 1.23 bits per heavy atom. The number of nitrogens with zero attached hydrogens (tertiary/aromatic N) is 4. The zero-order chi connectivity index (χ0) is 15.7. The van der Waals surface area contributed by atoms with Crippen LogP contribution in [0.25, 0.3) is 0 Å². The standard InChI is InChI=1S/C18H24N4/c1-13-14(6-5-8-19-13)11-22-9-7-16-15(12-22)10-20-17(21-16)18(2,3)4/h5-6,8,10H,7,9,11-12H2,1-4H3. The van der Waals surface area contributed by atoms with Crippen molar-refractivity contribution < 1.29 is 0 Å². The molecule has 3 heterocycles. The van der Waals surface area contributed by atoms with Gasteiger partial charge in [-0.05, 0) is 18.6 Å². The van der Waals surface area contributed by atoms with E-state index in [9.17, 15) is 0 Å². The van der Waals surface area contributed by atoms with Crippen molar-refractivity contribution in [1.29, 1.82) is 0 Å². The van der Waals surface area contributed by atoms with Gasteiger partial charge in [-0.3, -0.25) is 9.88 Å². The summed E-state index contributed by atoms with van der Waals surface area (Å²) < 4.78 is 0. The van der Waals surface area contributed by atoms with E-state index in [1.165, 1.54) is 16.8 Å². The molecule has 0 saturated heterocycles. The first-order chi connectivity index (χ1) is 10.4. The van der Waals surface area contributed by atoms with Gasteiger partial charge < -0.3 is 0 Å². The van der Waals surface area contributed by atoms with Crippen molar-refractivity contribution in [1.82, 2.24) is 19.9 Å². The van der Waals surface area contributed by atoms with E-state index >= 15 is 0 Å². The van der Waals surface area contributed by atoms with Gasteiger partial charge >= 0.3 is 0 Å². The summed E-state index contributed by atoms with van der Waals surface area (Å²) in [7, 11) is 0. The Labute approximate surface area is 132 Å². The summed E-state index contributed by atoms with van der Waals surface area (Å²) in [5.41, 5.74) is 4.92. The lowest BCUT2D eigenvalue weighted by molar-refractivity contribution is 0.241. The normalized spacial score (nSPS) is 15.6. The van der Waals surface area contributed by atoms with Crippen LogP contribution in [0.2, 0.25) is 0 Å². The maximum atomic E-state index is 4.79. The van der Waals surface area contributed by atoms with Crippen molar-refractivity contribution in [3.8, 4) is 0 Å². The van der Waals surface area contributed by atoms with Gasteiger partial charge in [-0.1, -0.05) is 26.8 Å². The number of aryl methyl sites for hydroxylation is 1. The van der Waals surface area contributed by atoms with E-state index in [0.717, 1.165) is 37.6 Å². The summed E-state index contributed by atoms with van der Waals surface area (Å²) in [5, 5.41) is 0. The minimum atomic E-state index is 0.0129. The van der Waals surface area contributed by atoms with E-state index in [2.05, 4.69) is 48.6 Å². The third-order valence-corrected chi connectivity index (χ3v) is 4.19. The fraction of sp³-hybridized carbons (Fsp3) is 0.500. The van der Waals surface area contributed by atoms with Crippen molar-refractivity contribution in [2.75, 3.05) is 6.54 Å². The summed E-state index contributed by atoms with van der Waals surface area (Å²) in [5.74, 6) is 0.947. The maximum Gasteiger partial charge on any atom is 0.133 e. The van der Waals surface area contributed by atoms with Gasteiger partial charge in [-0.25, -0.2) is 9.97 Å². The van der Waals surface area contributed by atoms with Crippen LogP contribution in [0.3, 0.4) is 0 Å². The van der Waals surface area contributed by atoms with Crippen LogP contribution < -0.4 is 0 Å². The van der Waals surface area contributed by atoms with Crippen LogP contribution in [0.5, 0.6) is 0 Å². The van der Waals surface area contributed by atoms with Gasteiger partial charge in [-0.2, -0.15) is 0 Å². The van der Waals surface area contributed by atoms with E-state index in [4.69, 9.17) is 4.98 Å². The van der Waals surface area contributed by atoms with Crippen LogP contribution in [0.1, 0.15) is 49.1 Å². The van der Waals surface area contributed by atoms with Crippen LogP contribution in [-0.4, -0.2) is 26.4 Å². The summed E-state index contributed by atoms with van der Waals surface area (Å²) in [6.07, 6.45) is 4.87. The molecule has 0 aromatic carbocycles. The molecule has 0 spiro atoms. The molecule has 0 atom stereocenters. The third kappa shape index (κ3) is 3.17. The summed E-state index contributed by atoms with van der Waals surface area (Å²) in [6.45, 7) is 11.5. The molecule has 0 unspecified atom stereocenters. The largest absolute Gasteiger partial charge is 0.294 e. The number of fused-ring (bicyclic) bond motifs is 1. The van der Waals surface area contributed by atoms with Crippen molar-refractivity contribution >= 4 is 0 Å². The highest BCUT2D eigenvalue weighted by Crippen LogP contribution is 2.23. The zero-order valence-electron chi connectivity index (χ0n) is 13.9. The van der Waals surface area contributed by atoms with Crippen molar-refractivity contribution in [2.45, 2.75) is 52.6 Å². The Hall–Kier alpha value is -1.81. The van der Waals surface area contributed by atoms with E-state index in [1.807, 2.05) is 18.5 Å². The highest BCUT2D eigenvalue weighted by Gasteiger charge is 2.23. The average molecular weight is 296 g/mol. The van der Waals surface area contributed by atoms with Gasteiger partial charge in [0, 0.05) is 60.8 Å². The Balaban J connectivity index is 1.76. The van der Waals surface area contributed by atoms with Crippen molar-refractivity contribution in [2.24, 2.45) is 0 Å².